The first-order valence-electron chi connectivity index (χ1n) is 4.72. The van der Waals surface area contributed by atoms with Gasteiger partial charge in [0.2, 0.25) is 0 Å². The van der Waals surface area contributed by atoms with Crippen LogP contribution in [0.5, 0.6) is 0 Å². The topological polar surface area (TPSA) is 13.1 Å². The van der Waals surface area contributed by atoms with Crippen molar-refractivity contribution in [1.29, 1.82) is 0 Å². The van der Waals surface area contributed by atoms with Crippen LogP contribution < -0.4 is 0 Å². The lowest BCUT2D eigenvalue weighted by Gasteiger charge is -1.90. The Morgan fingerprint density at radius 2 is 1.77 bits per heavy atom. The third-order valence-corrected chi connectivity index (χ3v) is 1.92. The van der Waals surface area contributed by atoms with Gasteiger partial charge in [-0.15, -0.1) is 0 Å². The molecule has 0 spiro atoms. The Hall–Kier alpha value is -1.24. The van der Waals surface area contributed by atoms with E-state index in [2.05, 4.69) is 32.0 Å². The van der Waals surface area contributed by atoms with Gasteiger partial charge >= 0.3 is 0 Å². The summed E-state index contributed by atoms with van der Waals surface area (Å²) in [6.45, 7) is 8.12. The van der Waals surface area contributed by atoms with Crippen molar-refractivity contribution in [2.45, 2.75) is 27.7 Å². The molecule has 0 unspecified atom stereocenters. The second-order valence-corrected chi connectivity index (χ2v) is 2.92. The number of furan rings is 1. The molecule has 13 heavy (non-hydrogen) atoms. The van der Waals surface area contributed by atoms with Crippen LogP contribution >= 0.6 is 0 Å². The molecule has 0 aliphatic rings. The summed E-state index contributed by atoms with van der Waals surface area (Å²) in [4.78, 5) is 0. The lowest BCUT2D eigenvalue weighted by atomic mass is 10.1. The Morgan fingerprint density at radius 3 is 2.46 bits per heavy atom. The molecule has 0 aliphatic carbocycles. The maximum atomic E-state index is 5.33. The fourth-order valence-corrected chi connectivity index (χ4v) is 1.27. The average molecular weight is 176 g/mol. The zero-order valence-electron chi connectivity index (χ0n) is 8.72. The highest BCUT2D eigenvalue weighted by atomic mass is 16.3. The van der Waals surface area contributed by atoms with Gasteiger partial charge in [-0.1, -0.05) is 26.0 Å². The summed E-state index contributed by atoms with van der Waals surface area (Å²) in [6, 6.07) is 6.26. The molecule has 0 bridgehead atoms. The van der Waals surface area contributed by atoms with Gasteiger partial charge < -0.3 is 4.42 Å². The summed E-state index contributed by atoms with van der Waals surface area (Å²) in [5.74, 6) is 0. The molecular weight excluding hydrogens is 160 g/mol. The summed E-state index contributed by atoms with van der Waals surface area (Å²) in [6.07, 6.45) is 1.80. The van der Waals surface area contributed by atoms with Crippen molar-refractivity contribution < 1.29 is 4.42 Å². The van der Waals surface area contributed by atoms with Gasteiger partial charge in [-0.25, -0.2) is 0 Å². The summed E-state index contributed by atoms with van der Waals surface area (Å²) in [5.41, 5.74) is 3.44. The summed E-state index contributed by atoms with van der Waals surface area (Å²) < 4.78 is 5.33. The van der Waals surface area contributed by atoms with E-state index >= 15 is 0 Å². The van der Waals surface area contributed by atoms with E-state index in [-0.39, 0.29) is 0 Å². The van der Waals surface area contributed by atoms with E-state index < -0.39 is 0 Å². The minimum absolute atomic E-state index is 0.988. The minimum Gasteiger partial charge on any atom is -0.464 e. The van der Waals surface area contributed by atoms with Gasteiger partial charge in [-0.3, -0.25) is 0 Å². The molecule has 0 atom stereocenters. The number of rotatable bonds is 0. The highest BCUT2D eigenvalue weighted by Gasteiger charge is 1.99. The number of fused-ring (bicyclic) bond motifs is 1. The fourth-order valence-electron chi connectivity index (χ4n) is 1.27. The maximum absolute atomic E-state index is 5.33. The van der Waals surface area contributed by atoms with E-state index in [1.54, 1.807) is 6.26 Å². The quantitative estimate of drug-likeness (QED) is 0.589. The molecule has 0 fully saturated rings. The Bertz CT molecular complexity index is 385. The van der Waals surface area contributed by atoms with Crippen molar-refractivity contribution >= 4 is 11.0 Å². The summed E-state index contributed by atoms with van der Waals surface area (Å²) in [5, 5.41) is 1.22. The normalized spacial score (nSPS) is 9.54. The van der Waals surface area contributed by atoms with Crippen LogP contribution in [0, 0.1) is 13.8 Å². The van der Waals surface area contributed by atoms with Crippen molar-refractivity contribution in [3.05, 3.63) is 35.6 Å². The molecule has 2 aromatic rings. The van der Waals surface area contributed by atoms with Gasteiger partial charge in [0.15, 0.2) is 0 Å². The molecule has 0 aliphatic heterocycles. The molecule has 1 nitrogen and oxygen atoms in total. The SMILES string of the molecule is CC.Cc1ccc2c(C)coc2c1. The molecule has 0 radical (unpaired) electrons. The molecule has 0 N–H and O–H groups in total. The van der Waals surface area contributed by atoms with Crippen LogP contribution in [0.25, 0.3) is 11.0 Å². The Kier molecular flexibility index (Phi) is 3.13. The van der Waals surface area contributed by atoms with Gasteiger partial charge in [-0.2, -0.15) is 0 Å². The molecule has 70 valence electrons. The lowest BCUT2D eigenvalue weighted by molar-refractivity contribution is 0.613. The predicted molar refractivity (Wildman–Crippen MR) is 57.0 cm³/mol. The lowest BCUT2D eigenvalue weighted by Crippen LogP contribution is -1.70. The predicted octanol–water partition coefficient (Wildman–Crippen LogP) is 4.08. The van der Waals surface area contributed by atoms with Crippen molar-refractivity contribution in [2.75, 3.05) is 0 Å². The first-order valence-corrected chi connectivity index (χ1v) is 4.72. The first-order chi connectivity index (χ1) is 6.27. The van der Waals surface area contributed by atoms with Gasteiger partial charge in [-0.05, 0) is 31.0 Å². The van der Waals surface area contributed by atoms with Crippen LogP contribution in [0.3, 0.4) is 0 Å². The highest BCUT2D eigenvalue weighted by molar-refractivity contribution is 5.81. The van der Waals surface area contributed by atoms with Crippen LogP contribution in [0.1, 0.15) is 25.0 Å². The summed E-state index contributed by atoms with van der Waals surface area (Å²) >= 11 is 0. The molecule has 1 aromatic carbocycles. The maximum Gasteiger partial charge on any atom is 0.134 e. The van der Waals surface area contributed by atoms with E-state index in [4.69, 9.17) is 4.42 Å². The third kappa shape index (κ3) is 1.92. The zero-order chi connectivity index (χ0) is 9.84. The fraction of sp³-hybridized carbons (Fsp3) is 0.333. The largest absolute Gasteiger partial charge is 0.464 e. The van der Waals surface area contributed by atoms with Gasteiger partial charge in [0.05, 0.1) is 6.26 Å². The third-order valence-electron chi connectivity index (χ3n) is 1.92. The smallest absolute Gasteiger partial charge is 0.134 e. The van der Waals surface area contributed by atoms with Gasteiger partial charge in [0.1, 0.15) is 5.58 Å². The van der Waals surface area contributed by atoms with E-state index in [1.165, 1.54) is 16.5 Å². The van der Waals surface area contributed by atoms with Crippen LogP contribution in [-0.2, 0) is 0 Å². The molecule has 0 amide bonds. The molecule has 0 saturated carbocycles. The second-order valence-electron chi connectivity index (χ2n) is 2.92. The van der Waals surface area contributed by atoms with Gasteiger partial charge in [0.25, 0.3) is 0 Å². The number of aryl methyl sites for hydroxylation is 2. The van der Waals surface area contributed by atoms with Crippen LogP contribution in [0.15, 0.2) is 28.9 Å². The molecule has 0 saturated heterocycles. The van der Waals surface area contributed by atoms with E-state index in [0.717, 1.165) is 5.58 Å². The van der Waals surface area contributed by atoms with Crippen LogP contribution in [0.4, 0.5) is 0 Å². The number of benzene rings is 1. The van der Waals surface area contributed by atoms with Crippen molar-refractivity contribution in [2.24, 2.45) is 0 Å². The Balaban J connectivity index is 0.000000396. The van der Waals surface area contributed by atoms with Gasteiger partial charge in [0, 0.05) is 5.39 Å². The Morgan fingerprint density at radius 1 is 1.08 bits per heavy atom. The van der Waals surface area contributed by atoms with Crippen LogP contribution in [-0.4, -0.2) is 0 Å². The molecule has 1 heterocycles. The highest BCUT2D eigenvalue weighted by Crippen LogP contribution is 2.20. The van der Waals surface area contributed by atoms with E-state index in [9.17, 15) is 0 Å². The minimum atomic E-state index is 0.988. The second kappa shape index (κ2) is 4.13. The monoisotopic (exact) mass is 176 g/mol. The van der Waals surface area contributed by atoms with E-state index in [0.29, 0.717) is 0 Å². The number of hydrogen-bond acceptors (Lipinski definition) is 1. The molecule has 1 aromatic heterocycles. The first kappa shape index (κ1) is 9.85. The number of hydrogen-bond donors (Lipinski definition) is 0. The average Bonchev–Trinajstić information content (AvgIpc) is 2.51. The molecular formula is C12H16O. The molecule has 2 rings (SSSR count). The molecule has 1 heteroatoms. The Labute approximate surface area is 79.4 Å². The standard InChI is InChI=1S/C10H10O.C2H6/c1-7-3-4-9-8(2)6-11-10(9)5-7;1-2/h3-6H,1-2H3;1-2H3. The summed E-state index contributed by atoms with van der Waals surface area (Å²) in [7, 11) is 0. The van der Waals surface area contributed by atoms with Crippen molar-refractivity contribution in [3.8, 4) is 0 Å². The van der Waals surface area contributed by atoms with Crippen molar-refractivity contribution in [1.82, 2.24) is 0 Å². The zero-order valence-corrected chi connectivity index (χ0v) is 8.72. The van der Waals surface area contributed by atoms with Crippen LogP contribution in [0.2, 0.25) is 0 Å². The van der Waals surface area contributed by atoms with Crippen molar-refractivity contribution in [3.63, 3.8) is 0 Å². The van der Waals surface area contributed by atoms with E-state index in [1.807, 2.05) is 13.8 Å².